The van der Waals surface area contributed by atoms with Crippen molar-refractivity contribution in [2.75, 3.05) is 11.5 Å². The van der Waals surface area contributed by atoms with Gasteiger partial charge in [-0.15, -0.1) is 0 Å². The Hall–Kier alpha value is -0.140. The quantitative estimate of drug-likeness (QED) is 0.0254. The summed E-state index contributed by atoms with van der Waals surface area (Å²) in [5.41, 5.74) is 4.44. The van der Waals surface area contributed by atoms with Crippen LogP contribution < -0.4 is 4.57 Å². The number of unbranched alkanes of at least 4 members (excludes halogenated alkanes) is 22. The average Bonchev–Trinajstić information content (AvgIpc) is 2.97. The van der Waals surface area contributed by atoms with Crippen molar-refractivity contribution in [2.45, 2.75) is 195 Å². The first-order valence-electron chi connectivity index (χ1n) is 18.9. The third-order valence-corrected chi connectivity index (χ3v) is 10.9. The van der Waals surface area contributed by atoms with Gasteiger partial charge in [-0.2, -0.15) is 4.57 Å². The number of nitrogens with zero attached hydrogens (tertiary/aromatic N) is 1. The van der Waals surface area contributed by atoms with Crippen LogP contribution in [0.4, 0.5) is 25.2 Å². The second kappa shape index (κ2) is 26.6. The number of halogens is 6. The maximum absolute atomic E-state index is 10.7. The van der Waals surface area contributed by atoms with Crippen LogP contribution in [0, 0.1) is 13.8 Å². The van der Waals surface area contributed by atoms with E-state index in [0.717, 1.165) is 6.54 Å². The van der Waals surface area contributed by atoms with Crippen LogP contribution >= 0.6 is 29.4 Å². The first-order valence-corrected chi connectivity index (χ1v) is 23.5. The molecule has 282 valence electrons. The van der Waals surface area contributed by atoms with E-state index in [1.54, 1.807) is 5.69 Å². The van der Waals surface area contributed by atoms with Crippen molar-refractivity contribution in [1.29, 1.82) is 0 Å². The van der Waals surface area contributed by atoms with E-state index in [1.807, 2.05) is 0 Å². The molecule has 0 unspecified atom stereocenters. The third kappa shape index (κ3) is 38.5. The topological polar surface area (TPSA) is 3.88 Å². The summed E-state index contributed by atoms with van der Waals surface area (Å²) in [6.45, 7) is 10.3. The molecule has 47 heavy (non-hydrogen) atoms. The van der Waals surface area contributed by atoms with Gasteiger partial charge in [-0.3, -0.25) is 0 Å². The van der Waals surface area contributed by atoms with E-state index in [-0.39, 0.29) is 0 Å². The van der Waals surface area contributed by atoms with Crippen LogP contribution in [-0.4, -0.2) is 11.5 Å². The van der Waals surface area contributed by atoms with Gasteiger partial charge in [0, 0.05) is 31.2 Å². The molecule has 0 N–H and O–H groups in total. The molecule has 0 aliphatic heterocycles. The monoisotopic (exact) mass is 737 g/mol. The summed E-state index contributed by atoms with van der Waals surface area (Å²) in [6.07, 6.45) is 35.7. The van der Waals surface area contributed by atoms with Gasteiger partial charge in [-0.05, 0) is 25.3 Å². The van der Waals surface area contributed by atoms with Crippen molar-refractivity contribution in [2.24, 2.45) is 0 Å². The third-order valence-electron chi connectivity index (χ3n) is 8.45. The summed E-state index contributed by atoms with van der Waals surface area (Å²) in [7, 11) is -6.45. The second-order valence-corrected chi connectivity index (χ2v) is 18.1. The first-order chi connectivity index (χ1) is 22.1. The minimum absolute atomic E-state index is 1.16. The number of hydrogen-bond donors (Lipinski definition) is 0. The summed E-state index contributed by atoms with van der Waals surface area (Å²) in [5.74, 6) is 2.55. The summed E-state index contributed by atoms with van der Waals surface area (Å²) < 4.78 is 61.8. The van der Waals surface area contributed by atoms with Crippen LogP contribution in [0.1, 0.15) is 185 Å². The van der Waals surface area contributed by atoms with Crippen LogP contribution in [0.3, 0.4) is 0 Å². The summed E-state index contributed by atoms with van der Waals surface area (Å²) in [5, 5.41) is 0. The molecule has 10 heteroatoms. The predicted molar refractivity (Wildman–Crippen MR) is 200 cm³/mol. The van der Waals surface area contributed by atoms with Crippen LogP contribution in [0.15, 0.2) is 12.1 Å². The Kier molecular flexibility index (Phi) is 26.6. The molecule has 0 saturated carbocycles. The molecule has 1 heterocycles. The van der Waals surface area contributed by atoms with Crippen molar-refractivity contribution in [3.05, 3.63) is 29.1 Å². The van der Waals surface area contributed by atoms with Crippen molar-refractivity contribution < 1.29 is 29.7 Å². The van der Waals surface area contributed by atoms with E-state index in [9.17, 15) is 25.2 Å². The zero-order valence-electron chi connectivity index (χ0n) is 30.4. The van der Waals surface area contributed by atoms with E-state index in [0.29, 0.717) is 0 Å². The first kappa shape index (κ1) is 46.9. The standard InChI is InChI=1S/C37H70NS2.F6P/c1-5-7-9-11-13-15-17-19-21-23-25-27-29-37-34-35(3)33-36(4)38(37)30-32-40-39-31-28-26-24-22-20-18-16-14-12-10-8-6-2;1-7(2,3,4,5)6/h33-34H,5-32H2,1-4H3;/q+1;-1. The van der Waals surface area contributed by atoms with E-state index in [1.165, 1.54) is 183 Å². The number of hydrogen-bond acceptors (Lipinski definition) is 2. The molecule has 0 fully saturated rings. The molecule has 0 radical (unpaired) electrons. The van der Waals surface area contributed by atoms with Gasteiger partial charge in [0.15, 0.2) is 17.9 Å². The molecule has 0 spiro atoms. The Morgan fingerprint density at radius 2 is 0.830 bits per heavy atom. The maximum atomic E-state index is 9.87. The van der Waals surface area contributed by atoms with Crippen molar-refractivity contribution in [3.63, 3.8) is 0 Å². The van der Waals surface area contributed by atoms with Gasteiger partial charge in [0.05, 0.1) is 5.75 Å². The van der Waals surface area contributed by atoms with E-state index in [4.69, 9.17) is 0 Å². The van der Waals surface area contributed by atoms with E-state index in [2.05, 4.69) is 66.0 Å². The fourth-order valence-corrected chi connectivity index (χ4v) is 8.04. The zero-order valence-corrected chi connectivity index (χ0v) is 33.0. The van der Waals surface area contributed by atoms with Crippen molar-refractivity contribution in [3.8, 4) is 0 Å². The van der Waals surface area contributed by atoms with Crippen molar-refractivity contribution >= 4 is 29.4 Å². The van der Waals surface area contributed by atoms with Gasteiger partial charge in [-0.1, -0.05) is 177 Å². The molecule has 0 bridgehead atoms. The fourth-order valence-electron chi connectivity index (χ4n) is 5.94. The minimum atomic E-state index is -10.7. The van der Waals surface area contributed by atoms with E-state index < -0.39 is 7.81 Å². The van der Waals surface area contributed by atoms with Gasteiger partial charge in [0.25, 0.3) is 0 Å². The molecule has 0 aliphatic rings. The zero-order chi connectivity index (χ0) is 35.3. The predicted octanol–water partition coefficient (Wildman–Crippen LogP) is 16.3. The average molecular weight is 738 g/mol. The number of rotatable bonds is 30. The molecule has 1 aromatic heterocycles. The van der Waals surface area contributed by atoms with Gasteiger partial charge < -0.3 is 0 Å². The molecular formula is C37H70F6NPS2. The number of aromatic nitrogens is 1. The Bertz CT molecular complexity index is 872. The molecule has 0 aromatic carbocycles. The normalized spacial score (nSPS) is 13.2. The molecule has 0 saturated heterocycles. The molecule has 1 nitrogen and oxygen atoms in total. The Morgan fingerprint density at radius 3 is 1.23 bits per heavy atom. The molecule has 1 rings (SSSR count). The van der Waals surface area contributed by atoms with Crippen LogP contribution in [0.25, 0.3) is 0 Å². The second-order valence-electron chi connectivity index (χ2n) is 13.4. The number of aryl methyl sites for hydroxylation is 3. The Balaban J connectivity index is 0.00000270. The molecule has 1 aromatic rings. The number of pyridine rings is 1. The van der Waals surface area contributed by atoms with Gasteiger partial charge in [-0.25, -0.2) is 0 Å². The van der Waals surface area contributed by atoms with Gasteiger partial charge in [0.2, 0.25) is 0 Å². The van der Waals surface area contributed by atoms with Crippen molar-refractivity contribution in [1.82, 2.24) is 0 Å². The van der Waals surface area contributed by atoms with Gasteiger partial charge >= 0.3 is 33.0 Å². The SMILES string of the molecule is CCCCCCCCCCCCCCSSCC[n+]1c(C)cc(C)cc1CCCCCCCCCCCCCC.F[P-](F)(F)(F)(F)F. The van der Waals surface area contributed by atoms with Crippen LogP contribution in [0.2, 0.25) is 0 Å². The summed E-state index contributed by atoms with van der Waals surface area (Å²) in [6, 6.07) is 4.83. The van der Waals surface area contributed by atoms with Crippen LogP contribution in [-0.2, 0) is 13.0 Å². The van der Waals surface area contributed by atoms with Gasteiger partial charge in [0.1, 0.15) is 0 Å². The fraction of sp³-hybridized carbons (Fsp3) is 0.865. The van der Waals surface area contributed by atoms with E-state index >= 15 is 0 Å². The molecule has 0 aliphatic carbocycles. The molecule has 0 atom stereocenters. The van der Waals surface area contributed by atoms with Crippen LogP contribution in [0.5, 0.6) is 0 Å². The Labute approximate surface area is 293 Å². The molecular weight excluding hydrogens is 668 g/mol. The Morgan fingerprint density at radius 1 is 0.489 bits per heavy atom. The molecule has 0 amide bonds. The summed E-state index contributed by atoms with van der Waals surface area (Å²) >= 11 is 0. The summed E-state index contributed by atoms with van der Waals surface area (Å²) in [4.78, 5) is 0.